The third-order valence-corrected chi connectivity index (χ3v) is 4.31. The van der Waals surface area contributed by atoms with Crippen molar-refractivity contribution in [1.82, 2.24) is 24.5 Å². The molecule has 0 saturated carbocycles. The molecular formula is C19H20ClN5O4. The molecule has 0 N–H and O–H groups in total. The molecule has 1 amide bonds. The monoisotopic (exact) mass is 417 g/mol. The number of carbonyl (C=O) groups is 2. The fourth-order valence-electron chi connectivity index (χ4n) is 2.51. The smallest absolute Gasteiger partial charge is 0.378 e. The number of benzene rings is 1. The van der Waals surface area contributed by atoms with Gasteiger partial charge in [0.2, 0.25) is 0 Å². The van der Waals surface area contributed by atoms with Crippen LogP contribution in [0.25, 0.3) is 5.78 Å². The summed E-state index contributed by atoms with van der Waals surface area (Å²) in [5.74, 6) is -0.345. The number of halogens is 1. The molecular weight excluding hydrogens is 398 g/mol. The van der Waals surface area contributed by atoms with Crippen molar-refractivity contribution in [2.24, 2.45) is 0 Å². The van der Waals surface area contributed by atoms with Crippen molar-refractivity contribution in [1.29, 1.82) is 0 Å². The molecule has 1 aromatic carbocycles. The van der Waals surface area contributed by atoms with E-state index in [0.29, 0.717) is 23.1 Å². The molecule has 3 aromatic rings. The van der Waals surface area contributed by atoms with Gasteiger partial charge in [-0.1, -0.05) is 11.6 Å². The normalized spacial score (nSPS) is 10.8. The van der Waals surface area contributed by atoms with Crippen molar-refractivity contribution in [2.45, 2.75) is 13.8 Å². The van der Waals surface area contributed by atoms with Gasteiger partial charge in [-0.05, 0) is 44.2 Å². The number of aromatic nitrogens is 4. The van der Waals surface area contributed by atoms with Crippen molar-refractivity contribution in [2.75, 3.05) is 26.8 Å². The van der Waals surface area contributed by atoms with Crippen LogP contribution in [0.3, 0.4) is 0 Å². The van der Waals surface area contributed by atoms with E-state index in [0.717, 1.165) is 11.4 Å². The molecule has 3 rings (SSSR count). The lowest BCUT2D eigenvalue weighted by molar-refractivity contribution is -0.133. The van der Waals surface area contributed by atoms with Gasteiger partial charge in [-0.2, -0.15) is 4.98 Å². The summed E-state index contributed by atoms with van der Waals surface area (Å²) in [5, 5.41) is 4.70. The van der Waals surface area contributed by atoms with Crippen LogP contribution in [0, 0.1) is 13.8 Å². The van der Waals surface area contributed by atoms with Gasteiger partial charge < -0.3 is 14.4 Å². The molecule has 10 heteroatoms. The number of likely N-dealkylation sites (N-methyl/N-ethyl adjacent to an activating group) is 1. The summed E-state index contributed by atoms with van der Waals surface area (Å²) in [7, 11) is 1.60. The van der Waals surface area contributed by atoms with Crippen LogP contribution in [-0.2, 0) is 9.53 Å². The molecule has 0 radical (unpaired) electrons. The van der Waals surface area contributed by atoms with Gasteiger partial charge in [0.1, 0.15) is 12.4 Å². The largest absolute Gasteiger partial charge is 0.492 e. The van der Waals surface area contributed by atoms with E-state index < -0.39 is 12.6 Å². The maximum Gasteiger partial charge on any atom is 0.378 e. The highest BCUT2D eigenvalue weighted by Gasteiger charge is 2.19. The zero-order valence-electron chi connectivity index (χ0n) is 16.3. The van der Waals surface area contributed by atoms with E-state index in [2.05, 4.69) is 15.1 Å². The highest BCUT2D eigenvalue weighted by Crippen LogP contribution is 2.15. The molecule has 29 heavy (non-hydrogen) atoms. The Bertz CT molecular complexity index is 1040. The maximum absolute atomic E-state index is 12.2. The lowest BCUT2D eigenvalue weighted by Gasteiger charge is -2.17. The first-order chi connectivity index (χ1) is 13.8. The van der Waals surface area contributed by atoms with Crippen molar-refractivity contribution in [3.63, 3.8) is 0 Å². The summed E-state index contributed by atoms with van der Waals surface area (Å²) >= 11 is 5.82. The molecule has 152 valence electrons. The second-order valence-corrected chi connectivity index (χ2v) is 6.82. The molecule has 0 bridgehead atoms. The lowest BCUT2D eigenvalue weighted by Crippen LogP contribution is -2.34. The fraction of sp³-hybridized carbons (Fsp3) is 0.316. The van der Waals surface area contributed by atoms with Gasteiger partial charge in [-0.3, -0.25) is 4.79 Å². The Morgan fingerprint density at radius 3 is 2.62 bits per heavy atom. The number of amides is 1. The van der Waals surface area contributed by atoms with Crippen LogP contribution < -0.4 is 4.74 Å². The van der Waals surface area contributed by atoms with E-state index in [1.54, 1.807) is 31.3 Å². The quantitative estimate of drug-likeness (QED) is 0.542. The van der Waals surface area contributed by atoms with Crippen LogP contribution in [0.4, 0.5) is 0 Å². The minimum Gasteiger partial charge on any atom is -0.492 e. The van der Waals surface area contributed by atoms with Gasteiger partial charge >= 0.3 is 5.97 Å². The number of carbonyl (C=O) groups excluding carboxylic acids is 2. The number of fused-ring (bicyclic) bond motifs is 1. The Balaban J connectivity index is 1.48. The van der Waals surface area contributed by atoms with E-state index in [-0.39, 0.29) is 18.3 Å². The molecule has 0 aliphatic rings. The summed E-state index contributed by atoms with van der Waals surface area (Å²) in [6.45, 7) is 3.85. The summed E-state index contributed by atoms with van der Waals surface area (Å²) in [6.07, 6.45) is 0. The molecule has 2 heterocycles. The van der Waals surface area contributed by atoms with Gasteiger partial charge in [-0.15, -0.1) is 5.10 Å². The Kier molecular flexibility index (Phi) is 6.28. The molecule has 0 atom stereocenters. The lowest BCUT2D eigenvalue weighted by atomic mass is 10.3. The van der Waals surface area contributed by atoms with Crippen LogP contribution in [0.2, 0.25) is 5.02 Å². The molecule has 2 aromatic heterocycles. The average Bonchev–Trinajstić information content (AvgIpc) is 3.11. The number of nitrogens with zero attached hydrogens (tertiary/aromatic N) is 5. The first-order valence-electron chi connectivity index (χ1n) is 8.84. The number of hydrogen-bond acceptors (Lipinski definition) is 7. The molecule has 0 fully saturated rings. The van der Waals surface area contributed by atoms with Crippen LogP contribution in [0.1, 0.15) is 22.0 Å². The first-order valence-corrected chi connectivity index (χ1v) is 9.22. The predicted molar refractivity (Wildman–Crippen MR) is 105 cm³/mol. The molecule has 0 aliphatic heterocycles. The average molecular weight is 418 g/mol. The van der Waals surface area contributed by atoms with Gasteiger partial charge in [0.25, 0.3) is 17.5 Å². The van der Waals surface area contributed by atoms with Gasteiger partial charge in [0, 0.05) is 23.5 Å². The first kappa shape index (κ1) is 20.5. The van der Waals surface area contributed by atoms with Crippen molar-refractivity contribution >= 4 is 29.3 Å². The Morgan fingerprint density at radius 2 is 1.90 bits per heavy atom. The third-order valence-electron chi connectivity index (χ3n) is 4.06. The molecule has 0 spiro atoms. The Morgan fingerprint density at radius 1 is 1.17 bits per heavy atom. The molecule has 0 aliphatic carbocycles. The number of hydrogen-bond donors (Lipinski definition) is 0. The zero-order chi connectivity index (χ0) is 21.0. The van der Waals surface area contributed by atoms with Crippen molar-refractivity contribution < 1.29 is 19.1 Å². The number of aryl methyl sites for hydroxylation is 2. The van der Waals surface area contributed by atoms with Crippen molar-refractivity contribution in [3.05, 3.63) is 52.6 Å². The standard InChI is InChI=1S/C19H20ClN5O4/c1-12-10-13(2)25-19(21-12)22-17(23-25)18(27)29-11-16(26)24(3)8-9-28-15-6-4-14(20)5-7-15/h4-7,10H,8-9,11H2,1-3H3. The second-order valence-electron chi connectivity index (χ2n) is 6.38. The van der Waals surface area contributed by atoms with Gasteiger partial charge in [0.05, 0.1) is 6.54 Å². The molecule has 0 unspecified atom stereocenters. The number of esters is 1. The number of rotatable bonds is 7. The summed E-state index contributed by atoms with van der Waals surface area (Å²) in [5.41, 5.74) is 1.55. The summed E-state index contributed by atoms with van der Waals surface area (Å²) < 4.78 is 12.0. The minimum atomic E-state index is -0.785. The van der Waals surface area contributed by atoms with Crippen LogP contribution in [0.15, 0.2) is 30.3 Å². The summed E-state index contributed by atoms with van der Waals surface area (Å²) in [6, 6.07) is 8.74. The molecule has 0 saturated heterocycles. The van der Waals surface area contributed by atoms with Gasteiger partial charge in [-0.25, -0.2) is 14.3 Å². The Labute approximate surface area is 172 Å². The fourth-order valence-corrected chi connectivity index (χ4v) is 2.64. The molecule has 9 nitrogen and oxygen atoms in total. The van der Waals surface area contributed by atoms with E-state index in [4.69, 9.17) is 21.1 Å². The zero-order valence-corrected chi connectivity index (χ0v) is 17.0. The topological polar surface area (TPSA) is 98.9 Å². The van der Waals surface area contributed by atoms with Crippen LogP contribution in [-0.4, -0.2) is 63.2 Å². The summed E-state index contributed by atoms with van der Waals surface area (Å²) in [4.78, 5) is 34.0. The van der Waals surface area contributed by atoms with E-state index in [1.807, 2.05) is 19.9 Å². The highest BCUT2D eigenvalue weighted by atomic mass is 35.5. The van der Waals surface area contributed by atoms with E-state index in [1.165, 1.54) is 9.42 Å². The second kappa shape index (κ2) is 8.87. The Hall–Kier alpha value is -3.20. The van der Waals surface area contributed by atoms with Crippen LogP contribution in [0.5, 0.6) is 5.75 Å². The minimum absolute atomic E-state index is 0.146. The van der Waals surface area contributed by atoms with Crippen molar-refractivity contribution in [3.8, 4) is 5.75 Å². The SMILES string of the molecule is Cc1cc(C)n2nc(C(=O)OCC(=O)N(C)CCOc3ccc(Cl)cc3)nc2n1. The number of ether oxygens (including phenoxy) is 2. The highest BCUT2D eigenvalue weighted by molar-refractivity contribution is 6.30. The predicted octanol–water partition coefficient (Wildman–Crippen LogP) is 2.09. The van der Waals surface area contributed by atoms with Crippen LogP contribution >= 0.6 is 11.6 Å². The van der Waals surface area contributed by atoms with E-state index >= 15 is 0 Å². The third kappa shape index (κ3) is 5.20. The van der Waals surface area contributed by atoms with Gasteiger partial charge in [0.15, 0.2) is 6.61 Å². The van der Waals surface area contributed by atoms with E-state index in [9.17, 15) is 9.59 Å². The maximum atomic E-state index is 12.2.